The fourth-order valence-electron chi connectivity index (χ4n) is 3.39. The Balaban J connectivity index is 1.85. The van der Waals surface area contributed by atoms with Crippen LogP contribution in [0.1, 0.15) is 53.6 Å². The van der Waals surface area contributed by atoms with E-state index in [1.807, 2.05) is 0 Å². The topological polar surface area (TPSA) is 107 Å². The van der Waals surface area contributed by atoms with E-state index in [4.69, 9.17) is 4.74 Å². The van der Waals surface area contributed by atoms with Crippen molar-refractivity contribution in [3.8, 4) is 0 Å². The van der Waals surface area contributed by atoms with E-state index in [-0.39, 0.29) is 29.2 Å². The number of tetrazole rings is 1. The number of nitrogens with zero attached hydrogens (tertiary/aromatic N) is 6. The number of carbonyl (C=O) groups is 1. The number of pyridine rings is 1. The van der Waals surface area contributed by atoms with Crippen LogP contribution in [0.5, 0.6) is 0 Å². The van der Waals surface area contributed by atoms with E-state index >= 15 is 0 Å². The SMILES string of the molecule is CCOC(=O)c1cc2c(N[C@H](C)c3cccc(C(F)F)c3F)nc(C)nc2n2nnnc12. The van der Waals surface area contributed by atoms with Crippen LogP contribution < -0.4 is 5.32 Å². The van der Waals surface area contributed by atoms with Crippen LogP contribution >= 0.6 is 0 Å². The zero-order valence-corrected chi connectivity index (χ0v) is 17.3. The molecule has 0 amide bonds. The molecule has 4 rings (SSSR count). The first kappa shape index (κ1) is 21.4. The summed E-state index contributed by atoms with van der Waals surface area (Å²) in [7, 11) is 0. The summed E-state index contributed by atoms with van der Waals surface area (Å²) in [6.07, 6.45) is -2.94. The fraction of sp³-hybridized carbons (Fsp3) is 0.300. The van der Waals surface area contributed by atoms with Crippen LogP contribution in [0.2, 0.25) is 0 Å². The number of fused-ring (bicyclic) bond motifs is 3. The van der Waals surface area contributed by atoms with Crippen molar-refractivity contribution in [3.05, 3.63) is 52.6 Å². The molecule has 3 aromatic heterocycles. The Morgan fingerprint density at radius 2 is 1.97 bits per heavy atom. The van der Waals surface area contributed by atoms with Crippen molar-refractivity contribution in [1.29, 1.82) is 0 Å². The lowest BCUT2D eigenvalue weighted by Crippen LogP contribution is -2.14. The van der Waals surface area contributed by atoms with Gasteiger partial charge in [-0.2, -0.15) is 4.52 Å². The summed E-state index contributed by atoms with van der Waals surface area (Å²) in [5.74, 6) is -1.02. The average Bonchev–Trinajstić information content (AvgIpc) is 3.23. The first-order chi connectivity index (χ1) is 15.3. The molecule has 0 fully saturated rings. The minimum atomic E-state index is -2.94. The summed E-state index contributed by atoms with van der Waals surface area (Å²) in [6, 6.07) is 4.57. The van der Waals surface area contributed by atoms with Crippen LogP contribution in [0.4, 0.5) is 19.0 Å². The Morgan fingerprint density at radius 1 is 1.22 bits per heavy atom. The third-order valence-electron chi connectivity index (χ3n) is 4.85. The van der Waals surface area contributed by atoms with Gasteiger partial charge in [0.2, 0.25) is 0 Å². The summed E-state index contributed by atoms with van der Waals surface area (Å²) in [4.78, 5) is 21.2. The minimum Gasteiger partial charge on any atom is -0.462 e. The highest BCUT2D eigenvalue weighted by molar-refractivity contribution is 6.02. The quantitative estimate of drug-likeness (QED) is 0.447. The molecule has 0 aliphatic heterocycles. The highest BCUT2D eigenvalue weighted by Crippen LogP contribution is 2.31. The maximum atomic E-state index is 14.6. The van der Waals surface area contributed by atoms with Gasteiger partial charge in [-0.05, 0) is 37.3 Å². The molecule has 3 heterocycles. The Kier molecular flexibility index (Phi) is 5.59. The van der Waals surface area contributed by atoms with Crippen LogP contribution in [0.25, 0.3) is 16.7 Å². The number of nitrogens with one attached hydrogen (secondary N) is 1. The first-order valence-corrected chi connectivity index (χ1v) is 9.71. The van der Waals surface area contributed by atoms with Gasteiger partial charge in [-0.25, -0.2) is 27.9 Å². The molecular formula is C20H18F3N7O2. The number of hydrogen-bond acceptors (Lipinski definition) is 8. The lowest BCUT2D eigenvalue weighted by atomic mass is 10.0. The molecular weight excluding hydrogens is 427 g/mol. The number of benzene rings is 1. The van der Waals surface area contributed by atoms with Crippen molar-refractivity contribution in [1.82, 2.24) is 30.0 Å². The molecule has 1 atom stereocenters. The molecule has 0 radical (unpaired) electrons. The van der Waals surface area contributed by atoms with Gasteiger partial charge in [0.25, 0.3) is 6.43 Å². The number of alkyl halides is 2. The van der Waals surface area contributed by atoms with Crippen LogP contribution in [0.15, 0.2) is 24.3 Å². The maximum absolute atomic E-state index is 14.6. The van der Waals surface area contributed by atoms with Crippen LogP contribution in [0, 0.1) is 12.7 Å². The van der Waals surface area contributed by atoms with Crippen LogP contribution in [0.3, 0.4) is 0 Å². The van der Waals surface area contributed by atoms with Gasteiger partial charge in [0.15, 0.2) is 11.3 Å². The Morgan fingerprint density at radius 3 is 2.69 bits per heavy atom. The number of carbonyl (C=O) groups excluding carboxylic acids is 1. The van der Waals surface area contributed by atoms with Crippen molar-refractivity contribution < 1.29 is 22.7 Å². The second-order valence-electron chi connectivity index (χ2n) is 6.97. The number of anilines is 1. The van der Waals surface area contributed by atoms with Crippen molar-refractivity contribution in [3.63, 3.8) is 0 Å². The van der Waals surface area contributed by atoms with E-state index in [0.29, 0.717) is 16.9 Å². The molecule has 32 heavy (non-hydrogen) atoms. The first-order valence-electron chi connectivity index (χ1n) is 9.71. The van der Waals surface area contributed by atoms with Gasteiger partial charge in [-0.3, -0.25) is 0 Å². The van der Waals surface area contributed by atoms with Gasteiger partial charge in [0.1, 0.15) is 23.0 Å². The van der Waals surface area contributed by atoms with Gasteiger partial charge in [0, 0.05) is 5.56 Å². The molecule has 0 bridgehead atoms. The van der Waals surface area contributed by atoms with Crippen molar-refractivity contribution in [2.75, 3.05) is 11.9 Å². The number of esters is 1. The molecule has 1 aromatic carbocycles. The predicted molar refractivity (Wildman–Crippen MR) is 108 cm³/mol. The molecule has 0 unspecified atom stereocenters. The zero-order chi connectivity index (χ0) is 23.0. The maximum Gasteiger partial charge on any atom is 0.342 e. The number of halogens is 3. The number of aromatic nitrogens is 6. The molecule has 4 aromatic rings. The second kappa shape index (κ2) is 8.36. The predicted octanol–water partition coefficient (Wildman–Crippen LogP) is 3.80. The van der Waals surface area contributed by atoms with E-state index < -0.39 is 29.8 Å². The smallest absolute Gasteiger partial charge is 0.342 e. The molecule has 166 valence electrons. The van der Waals surface area contributed by atoms with E-state index in [1.165, 1.54) is 22.7 Å². The monoisotopic (exact) mass is 445 g/mol. The van der Waals surface area contributed by atoms with Gasteiger partial charge >= 0.3 is 5.97 Å². The molecule has 0 aliphatic rings. The lowest BCUT2D eigenvalue weighted by Gasteiger charge is -2.19. The highest BCUT2D eigenvalue weighted by Gasteiger charge is 2.23. The van der Waals surface area contributed by atoms with E-state index in [2.05, 4.69) is 30.8 Å². The Hall–Kier alpha value is -3.83. The Bertz CT molecular complexity index is 1330. The number of aryl methyl sites for hydroxylation is 1. The summed E-state index contributed by atoms with van der Waals surface area (Å²) < 4.78 is 47.2. The Labute approximate surface area is 179 Å². The number of ether oxygens (including phenoxy) is 1. The molecule has 0 saturated carbocycles. The third-order valence-corrected chi connectivity index (χ3v) is 4.85. The van der Waals surface area contributed by atoms with Gasteiger partial charge in [-0.1, -0.05) is 18.2 Å². The molecule has 1 N–H and O–H groups in total. The average molecular weight is 445 g/mol. The molecule has 0 spiro atoms. The van der Waals surface area contributed by atoms with E-state index in [0.717, 1.165) is 6.07 Å². The summed E-state index contributed by atoms with van der Waals surface area (Å²) >= 11 is 0. The van der Waals surface area contributed by atoms with Gasteiger partial charge < -0.3 is 10.1 Å². The standard InChI is InChI=1S/C20H18F3N7O2/c1-4-32-20(31)14-8-13-17(25-10(3)26-18(13)30-19(14)27-28-29-30)24-9(2)11-6-5-7-12(15(11)21)16(22)23/h5-9,16H,4H2,1-3H3,(H,24,25,26)/t9-/m1/s1. The normalized spacial score (nSPS) is 12.5. The largest absolute Gasteiger partial charge is 0.462 e. The van der Waals surface area contributed by atoms with Crippen LogP contribution in [-0.2, 0) is 4.74 Å². The molecule has 9 nitrogen and oxygen atoms in total. The summed E-state index contributed by atoms with van der Waals surface area (Å²) in [5.41, 5.74) is -0.0784. The van der Waals surface area contributed by atoms with Gasteiger partial charge in [-0.15, -0.1) is 5.10 Å². The fourth-order valence-corrected chi connectivity index (χ4v) is 3.39. The van der Waals surface area contributed by atoms with Gasteiger partial charge in [0.05, 0.1) is 23.6 Å². The van der Waals surface area contributed by atoms with Crippen molar-refractivity contribution in [2.24, 2.45) is 0 Å². The lowest BCUT2D eigenvalue weighted by molar-refractivity contribution is 0.0528. The van der Waals surface area contributed by atoms with Crippen molar-refractivity contribution >= 4 is 28.5 Å². The number of hydrogen-bond donors (Lipinski definition) is 1. The zero-order valence-electron chi connectivity index (χ0n) is 17.3. The van der Waals surface area contributed by atoms with E-state index in [9.17, 15) is 18.0 Å². The molecule has 0 saturated heterocycles. The summed E-state index contributed by atoms with van der Waals surface area (Å²) in [5, 5.41) is 14.8. The second-order valence-corrected chi connectivity index (χ2v) is 6.97. The van der Waals surface area contributed by atoms with E-state index in [1.54, 1.807) is 20.8 Å². The molecule has 12 heteroatoms. The minimum absolute atomic E-state index is 0.0429. The van der Waals surface area contributed by atoms with Crippen molar-refractivity contribution in [2.45, 2.75) is 33.2 Å². The molecule has 0 aliphatic carbocycles. The third kappa shape index (κ3) is 3.67. The van der Waals surface area contributed by atoms with Crippen LogP contribution in [-0.4, -0.2) is 42.6 Å². The summed E-state index contributed by atoms with van der Waals surface area (Å²) in [6.45, 7) is 5.07. The number of rotatable bonds is 6. The highest BCUT2D eigenvalue weighted by atomic mass is 19.3.